The molecule has 1 aromatic heterocycles. The first-order chi connectivity index (χ1) is 14.7. The lowest BCUT2D eigenvalue weighted by Crippen LogP contribution is -2.45. The van der Waals surface area contributed by atoms with E-state index in [4.69, 9.17) is 4.74 Å². The third-order valence-electron chi connectivity index (χ3n) is 4.39. The molecule has 0 atom stereocenters. The molecule has 0 fully saturated rings. The second-order valence-corrected chi connectivity index (χ2v) is 6.48. The molecule has 8 heteroatoms. The van der Waals surface area contributed by atoms with Crippen molar-refractivity contribution in [2.24, 2.45) is 0 Å². The summed E-state index contributed by atoms with van der Waals surface area (Å²) in [6.45, 7) is -0.311. The molecule has 0 aliphatic rings. The maximum atomic E-state index is 12.1. The fourth-order valence-corrected chi connectivity index (χ4v) is 2.98. The van der Waals surface area contributed by atoms with Crippen LogP contribution in [0.5, 0.6) is 5.75 Å². The lowest BCUT2D eigenvalue weighted by Gasteiger charge is -2.12. The van der Waals surface area contributed by atoms with Crippen molar-refractivity contribution in [2.45, 2.75) is 6.54 Å². The third kappa shape index (κ3) is 4.44. The van der Waals surface area contributed by atoms with Gasteiger partial charge in [-0.1, -0.05) is 65.9 Å². The van der Waals surface area contributed by atoms with E-state index >= 15 is 0 Å². The molecule has 0 saturated heterocycles. The Bertz CT molecular complexity index is 1170. The highest BCUT2D eigenvalue weighted by molar-refractivity contribution is 5.84. The van der Waals surface area contributed by atoms with Crippen molar-refractivity contribution in [2.75, 3.05) is 6.61 Å². The number of benzene rings is 3. The van der Waals surface area contributed by atoms with Crippen LogP contribution in [0.4, 0.5) is 0 Å². The summed E-state index contributed by atoms with van der Waals surface area (Å²) < 4.78 is 7.12. The molecule has 0 aliphatic heterocycles. The van der Waals surface area contributed by atoms with Crippen molar-refractivity contribution >= 4 is 22.8 Å². The number of amides is 2. The fraction of sp³-hybridized carbons (Fsp3) is 0.0909. The van der Waals surface area contributed by atoms with Crippen LogP contribution in [0.25, 0.3) is 22.2 Å². The molecule has 0 saturated carbocycles. The van der Waals surface area contributed by atoms with Crippen molar-refractivity contribution in [1.29, 1.82) is 0 Å². The molecule has 30 heavy (non-hydrogen) atoms. The Balaban J connectivity index is 1.30. The number of rotatable bonds is 6. The van der Waals surface area contributed by atoms with E-state index in [2.05, 4.69) is 21.2 Å². The summed E-state index contributed by atoms with van der Waals surface area (Å²) in [5.41, 5.74) is 8.01. The van der Waals surface area contributed by atoms with Crippen LogP contribution in [0, 0.1) is 0 Å². The normalized spacial score (nSPS) is 10.5. The minimum absolute atomic E-state index is 0.0709. The van der Waals surface area contributed by atoms with Crippen molar-refractivity contribution in [3.05, 3.63) is 78.9 Å². The van der Waals surface area contributed by atoms with Crippen LogP contribution < -0.4 is 15.6 Å². The quantitative estimate of drug-likeness (QED) is 0.483. The Labute approximate surface area is 172 Å². The second-order valence-electron chi connectivity index (χ2n) is 6.48. The molecule has 2 N–H and O–H groups in total. The van der Waals surface area contributed by atoms with Gasteiger partial charge in [-0.2, -0.15) is 0 Å². The van der Waals surface area contributed by atoms with Gasteiger partial charge in [-0.15, -0.1) is 5.10 Å². The van der Waals surface area contributed by atoms with Crippen LogP contribution in [0.3, 0.4) is 0 Å². The average Bonchev–Trinajstić information content (AvgIpc) is 3.20. The molecule has 0 bridgehead atoms. The lowest BCUT2D eigenvalue weighted by molar-refractivity contribution is -0.130. The highest BCUT2D eigenvalue weighted by Crippen LogP contribution is 2.29. The van der Waals surface area contributed by atoms with Crippen LogP contribution in [-0.2, 0) is 16.1 Å². The van der Waals surface area contributed by atoms with Crippen LogP contribution in [0.1, 0.15) is 0 Å². The summed E-state index contributed by atoms with van der Waals surface area (Å²) in [5, 5.41) is 7.93. The Kier molecular flexibility index (Phi) is 5.66. The van der Waals surface area contributed by atoms with Gasteiger partial charge in [0.05, 0.1) is 5.52 Å². The molecule has 0 spiro atoms. The van der Waals surface area contributed by atoms with E-state index in [1.165, 1.54) is 4.68 Å². The standard InChI is InChI=1S/C22H19N5O3/c28-21(14-27-19-12-6-5-11-18(19)23-26-27)24-25-22(29)15-30-20-13-7-4-10-17(20)16-8-2-1-3-9-16/h1-13H,14-15H2,(H,24,28)(H,25,29). The van der Waals surface area contributed by atoms with Crippen molar-refractivity contribution in [1.82, 2.24) is 25.8 Å². The molecule has 3 aromatic carbocycles. The van der Waals surface area contributed by atoms with Crippen LogP contribution in [-0.4, -0.2) is 33.4 Å². The van der Waals surface area contributed by atoms with Gasteiger partial charge >= 0.3 is 0 Å². The van der Waals surface area contributed by atoms with Gasteiger partial charge in [0.25, 0.3) is 11.8 Å². The molecule has 0 radical (unpaired) electrons. The van der Waals surface area contributed by atoms with Crippen LogP contribution in [0.15, 0.2) is 78.9 Å². The fourth-order valence-electron chi connectivity index (χ4n) is 2.98. The van der Waals surface area contributed by atoms with Gasteiger partial charge in [-0.05, 0) is 23.8 Å². The number of nitrogens with one attached hydrogen (secondary N) is 2. The molecule has 2 amide bonds. The number of nitrogens with zero attached hydrogens (tertiary/aromatic N) is 3. The van der Waals surface area contributed by atoms with E-state index in [0.29, 0.717) is 11.3 Å². The van der Waals surface area contributed by atoms with Gasteiger partial charge in [0.2, 0.25) is 0 Å². The van der Waals surface area contributed by atoms with Gasteiger partial charge in [-0.3, -0.25) is 20.4 Å². The van der Waals surface area contributed by atoms with Gasteiger partial charge < -0.3 is 4.74 Å². The zero-order valence-corrected chi connectivity index (χ0v) is 16.0. The highest BCUT2D eigenvalue weighted by Gasteiger charge is 2.11. The van der Waals surface area contributed by atoms with E-state index < -0.39 is 11.8 Å². The van der Waals surface area contributed by atoms with Gasteiger partial charge in [0, 0.05) is 5.56 Å². The maximum Gasteiger partial charge on any atom is 0.276 e. The Morgan fingerprint density at radius 2 is 1.53 bits per heavy atom. The first kappa shape index (κ1) is 19.1. The minimum Gasteiger partial charge on any atom is -0.483 e. The predicted octanol–water partition coefficient (Wildman–Crippen LogP) is 2.32. The zero-order valence-electron chi connectivity index (χ0n) is 16.0. The topological polar surface area (TPSA) is 98.1 Å². The van der Waals surface area contributed by atoms with Crippen LogP contribution >= 0.6 is 0 Å². The number of hydrogen-bond acceptors (Lipinski definition) is 5. The van der Waals surface area contributed by atoms with E-state index in [0.717, 1.165) is 16.6 Å². The zero-order chi connectivity index (χ0) is 20.8. The molecule has 0 unspecified atom stereocenters. The number of hydrazine groups is 1. The number of carbonyl (C=O) groups excluding carboxylic acids is 2. The largest absolute Gasteiger partial charge is 0.483 e. The summed E-state index contributed by atoms with van der Waals surface area (Å²) >= 11 is 0. The van der Waals surface area contributed by atoms with Gasteiger partial charge in [0.1, 0.15) is 17.8 Å². The maximum absolute atomic E-state index is 12.1. The number of fused-ring (bicyclic) bond motifs is 1. The average molecular weight is 401 g/mol. The SMILES string of the molecule is O=C(COc1ccccc1-c1ccccc1)NNC(=O)Cn1nnc2ccccc21. The number of aromatic nitrogens is 3. The van der Waals surface area contributed by atoms with Gasteiger partial charge in [-0.25, -0.2) is 4.68 Å². The molecule has 150 valence electrons. The van der Waals surface area contributed by atoms with Crippen molar-refractivity contribution in [3.8, 4) is 16.9 Å². The summed E-state index contributed by atoms with van der Waals surface area (Å²) in [5.74, 6) is -0.322. The van der Waals surface area contributed by atoms with Crippen molar-refractivity contribution < 1.29 is 14.3 Å². The predicted molar refractivity (Wildman–Crippen MR) is 111 cm³/mol. The third-order valence-corrected chi connectivity index (χ3v) is 4.39. The second kappa shape index (κ2) is 8.87. The van der Waals surface area contributed by atoms with Gasteiger partial charge in [0.15, 0.2) is 6.61 Å². The first-order valence-corrected chi connectivity index (χ1v) is 9.34. The van der Waals surface area contributed by atoms with E-state index in [9.17, 15) is 9.59 Å². The van der Waals surface area contributed by atoms with E-state index in [1.807, 2.05) is 72.8 Å². The summed E-state index contributed by atoms with van der Waals surface area (Å²) in [6, 6.07) is 24.5. The summed E-state index contributed by atoms with van der Waals surface area (Å²) in [6.07, 6.45) is 0. The molecule has 4 aromatic rings. The molecule has 1 heterocycles. The number of ether oxygens (including phenoxy) is 1. The molecular weight excluding hydrogens is 382 g/mol. The molecule has 4 rings (SSSR count). The Hall–Kier alpha value is -4.20. The summed E-state index contributed by atoms with van der Waals surface area (Å²) in [7, 11) is 0. The van der Waals surface area contributed by atoms with Crippen LogP contribution in [0.2, 0.25) is 0 Å². The number of para-hydroxylation sites is 2. The molecular formula is C22H19N5O3. The molecule has 8 nitrogen and oxygen atoms in total. The monoisotopic (exact) mass is 401 g/mol. The smallest absolute Gasteiger partial charge is 0.276 e. The number of hydrogen-bond donors (Lipinski definition) is 2. The highest BCUT2D eigenvalue weighted by atomic mass is 16.5. The minimum atomic E-state index is -0.477. The van der Waals surface area contributed by atoms with Crippen molar-refractivity contribution in [3.63, 3.8) is 0 Å². The lowest BCUT2D eigenvalue weighted by atomic mass is 10.1. The van der Waals surface area contributed by atoms with E-state index in [-0.39, 0.29) is 13.2 Å². The first-order valence-electron chi connectivity index (χ1n) is 9.34. The Morgan fingerprint density at radius 3 is 2.40 bits per heavy atom. The van der Waals surface area contributed by atoms with E-state index in [1.54, 1.807) is 6.07 Å². The Morgan fingerprint density at radius 1 is 0.833 bits per heavy atom. The summed E-state index contributed by atoms with van der Waals surface area (Å²) in [4.78, 5) is 24.2. The molecule has 0 aliphatic carbocycles. The number of carbonyl (C=O) groups is 2.